The number of halogens is 2. The first kappa shape index (κ1) is 21.0. The Kier molecular flexibility index (Phi) is 9.21. The Hall–Kier alpha value is -1.32. The Bertz CT molecular complexity index is 482. The minimum Gasteiger partial charge on any atom is -0.501 e. The SMILES string of the molecule is CCO/C=C/C=C(OCC1CCC(C2CCC(C)CC2)CC1)\C(F)=C\F. The third-order valence-electron chi connectivity index (χ3n) is 6.01. The van der Waals surface area contributed by atoms with Gasteiger partial charge in [0.05, 0.1) is 19.5 Å². The summed E-state index contributed by atoms with van der Waals surface area (Å²) in [4.78, 5) is 0. The van der Waals surface area contributed by atoms with Gasteiger partial charge in [-0.25, -0.2) is 8.78 Å². The summed E-state index contributed by atoms with van der Waals surface area (Å²) in [6, 6.07) is 0. The zero-order valence-corrected chi connectivity index (χ0v) is 16.3. The Labute approximate surface area is 157 Å². The van der Waals surface area contributed by atoms with Crippen molar-refractivity contribution >= 4 is 0 Å². The molecule has 2 rings (SSSR count). The van der Waals surface area contributed by atoms with Gasteiger partial charge < -0.3 is 9.47 Å². The van der Waals surface area contributed by atoms with E-state index < -0.39 is 5.83 Å². The topological polar surface area (TPSA) is 18.5 Å². The lowest BCUT2D eigenvalue weighted by molar-refractivity contribution is 0.0998. The predicted molar refractivity (Wildman–Crippen MR) is 102 cm³/mol. The number of rotatable bonds is 8. The van der Waals surface area contributed by atoms with Crippen molar-refractivity contribution in [1.29, 1.82) is 0 Å². The maximum Gasteiger partial charge on any atom is 0.193 e. The van der Waals surface area contributed by atoms with Crippen LogP contribution in [0.5, 0.6) is 0 Å². The van der Waals surface area contributed by atoms with E-state index in [9.17, 15) is 8.78 Å². The molecular formula is C22H34F2O2. The molecule has 0 aromatic carbocycles. The Morgan fingerprint density at radius 2 is 1.62 bits per heavy atom. The molecule has 26 heavy (non-hydrogen) atoms. The fourth-order valence-electron chi connectivity index (χ4n) is 4.32. The first-order valence-electron chi connectivity index (χ1n) is 10.2. The van der Waals surface area contributed by atoms with E-state index in [1.165, 1.54) is 56.9 Å². The van der Waals surface area contributed by atoms with E-state index in [0.29, 0.717) is 19.1 Å². The second kappa shape index (κ2) is 11.4. The second-order valence-electron chi connectivity index (χ2n) is 7.88. The van der Waals surface area contributed by atoms with Crippen molar-refractivity contribution in [2.75, 3.05) is 13.2 Å². The fourth-order valence-corrected chi connectivity index (χ4v) is 4.32. The zero-order chi connectivity index (χ0) is 18.8. The highest BCUT2D eigenvalue weighted by Gasteiger charge is 2.30. The van der Waals surface area contributed by atoms with E-state index in [2.05, 4.69) is 6.92 Å². The van der Waals surface area contributed by atoms with Crippen LogP contribution in [0.1, 0.15) is 65.2 Å². The van der Waals surface area contributed by atoms with Crippen molar-refractivity contribution in [3.8, 4) is 0 Å². The third kappa shape index (κ3) is 6.77. The Morgan fingerprint density at radius 3 is 2.19 bits per heavy atom. The molecule has 0 unspecified atom stereocenters. The van der Waals surface area contributed by atoms with Crippen LogP contribution in [-0.2, 0) is 9.47 Å². The lowest BCUT2D eigenvalue weighted by atomic mass is 9.69. The first-order chi connectivity index (χ1) is 12.6. The van der Waals surface area contributed by atoms with Gasteiger partial charge in [-0.3, -0.25) is 0 Å². The molecule has 0 radical (unpaired) electrons. The van der Waals surface area contributed by atoms with Gasteiger partial charge in [0.2, 0.25) is 0 Å². The lowest BCUT2D eigenvalue weighted by Crippen LogP contribution is -2.26. The van der Waals surface area contributed by atoms with Crippen LogP contribution >= 0.6 is 0 Å². The van der Waals surface area contributed by atoms with Crippen LogP contribution in [0, 0.1) is 23.7 Å². The Morgan fingerprint density at radius 1 is 1.00 bits per heavy atom. The molecule has 0 spiro atoms. The van der Waals surface area contributed by atoms with Crippen LogP contribution < -0.4 is 0 Å². The monoisotopic (exact) mass is 368 g/mol. The van der Waals surface area contributed by atoms with Crippen molar-refractivity contribution < 1.29 is 18.3 Å². The molecule has 4 heteroatoms. The van der Waals surface area contributed by atoms with Gasteiger partial charge in [-0.15, -0.1) is 0 Å². The number of ether oxygens (including phenoxy) is 2. The van der Waals surface area contributed by atoms with Gasteiger partial charge in [0.15, 0.2) is 11.6 Å². The van der Waals surface area contributed by atoms with Crippen LogP contribution in [0.25, 0.3) is 0 Å². The second-order valence-corrected chi connectivity index (χ2v) is 7.88. The lowest BCUT2D eigenvalue weighted by Gasteiger charge is -2.37. The molecule has 148 valence electrons. The van der Waals surface area contributed by atoms with E-state index in [-0.39, 0.29) is 12.1 Å². The van der Waals surface area contributed by atoms with Crippen LogP contribution in [0.3, 0.4) is 0 Å². The van der Waals surface area contributed by atoms with Gasteiger partial charge in [0.25, 0.3) is 0 Å². The fraction of sp³-hybridized carbons (Fsp3) is 0.727. The average Bonchev–Trinajstić information content (AvgIpc) is 2.68. The summed E-state index contributed by atoms with van der Waals surface area (Å²) in [5.41, 5.74) is 0. The van der Waals surface area contributed by atoms with E-state index in [1.807, 2.05) is 6.92 Å². The van der Waals surface area contributed by atoms with Crippen molar-refractivity contribution in [3.63, 3.8) is 0 Å². The predicted octanol–water partition coefficient (Wildman–Crippen LogP) is 6.85. The van der Waals surface area contributed by atoms with Crippen molar-refractivity contribution in [2.24, 2.45) is 23.7 Å². The molecule has 2 aliphatic rings. The van der Waals surface area contributed by atoms with Gasteiger partial charge in [-0.05, 0) is 81.3 Å². The minimum atomic E-state index is -0.976. The Balaban J connectivity index is 1.76. The molecule has 2 nitrogen and oxygen atoms in total. The molecule has 0 bridgehead atoms. The largest absolute Gasteiger partial charge is 0.501 e. The molecule has 0 aliphatic heterocycles. The average molecular weight is 369 g/mol. The zero-order valence-electron chi connectivity index (χ0n) is 16.3. The van der Waals surface area contributed by atoms with Crippen LogP contribution in [-0.4, -0.2) is 13.2 Å². The molecule has 0 N–H and O–H groups in total. The molecule has 2 fully saturated rings. The summed E-state index contributed by atoms with van der Waals surface area (Å²) in [5, 5.41) is 0. The number of hydrogen-bond acceptors (Lipinski definition) is 2. The quantitative estimate of drug-likeness (QED) is 0.344. The molecule has 0 amide bonds. The van der Waals surface area contributed by atoms with Crippen LogP contribution in [0.4, 0.5) is 8.78 Å². The van der Waals surface area contributed by atoms with E-state index in [4.69, 9.17) is 9.47 Å². The summed E-state index contributed by atoms with van der Waals surface area (Å²) in [6.45, 7) is 5.21. The molecule has 0 heterocycles. The normalized spacial score (nSPS) is 31.2. The van der Waals surface area contributed by atoms with Gasteiger partial charge in [-0.2, -0.15) is 0 Å². The highest BCUT2D eigenvalue weighted by Crippen LogP contribution is 2.41. The van der Waals surface area contributed by atoms with E-state index in [1.54, 1.807) is 0 Å². The molecule has 2 aliphatic carbocycles. The van der Waals surface area contributed by atoms with Crippen molar-refractivity contribution in [1.82, 2.24) is 0 Å². The summed E-state index contributed by atoms with van der Waals surface area (Å²) < 4.78 is 36.8. The van der Waals surface area contributed by atoms with Gasteiger partial charge in [-0.1, -0.05) is 19.8 Å². The highest BCUT2D eigenvalue weighted by atomic mass is 19.2. The van der Waals surface area contributed by atoms with Gasteiger partial charge >= 0.3 is 0 Å². The maximum absolute atomic E-state index is 13.6. The maximum atomic E-state index is 13.6. The minimum absolute atomic E-state index is 0.0542. The molecule has 0 aromatic rings. The molecule has 0 aromatic heterocycles. The summed E-state index contributed by atoms with van der Waals surface area (Å²) in [7, 11) is 0. The van der Waals surface area contributed by atoms with E-state index >= 15 is 0 Å². The summed E-state index contributed by atoms with van der Waals surface area (Å²) in [5.74, 6) is 2.05. The van der Waals surface area contributed by atoms with E-state index in [0.717, 1.165) is 30.6 Å². The molecule has 2 saturated carbocycles. The molecular weight excluding hydrogens is 334 g/mol. The van der Waals surface area contributed by atoms with Gasteiger partial charge in [0, 0.05) is 0 Å². The summed E-state index contributed by atoms with van der Waals surface area (Å²) in [6.07, 6.45) is 14.6. The van der Waals surface area contributed by atoms with Gasteiger partial charge in [0.1, 0.15) is 6.33 Å². The molecule has 0 saturated heterocycles. The van der Waals surface area contributed by atoms with Crippen molar-refractivity contribution in [3.05, 3.63) is 36.3 Å². The number of hydrogen-bond donors (Lipinski definition) is 0. The summed E-state index contributed by atoms with van der Waals surface area (Å²) >= 11 is 0. The smallest absolute Gasteiger partial charge is 0.193 e. The first-order valence-corrected chi connectivity index (χ1v) is 10.2. The number of allylic oxidation sites excluding steroid dienone is 3. The third-order valence-corrected chi connectivity index (χ3v) is 6.01. The standard InChI is InChI=1S/C22H34F2O2/c1-3-25-14-4-5-22(21(24)15-23)26-16-18-8-12-20(13-9-18)19-10-6-17(2)7-11-19/h4-5,14-15,17-20H,3,6-13,16H2,1-2H3/b14-4+,21-15-,22-5+. The van der Waals surface area contributed by atoms with Crippen LogP contribution in [0.2, 0.25) is 0 Å². The van der Waals surface area contributed by atoms with Crippen LogP contribution in [0.15, 0.2) is 36.3 Å². The van der Waals surface area contributed by atoms with Crippen molar-refractivity contribution in [2.45, 2.75) is 65.2 Å². The highest BCUT2D eigenvalue weighted by molar-refractivity contribution is 5.22. The molecule has 0 atom stereocenters.